The summed E-state index contributed by atoms with van der Waals surface area (Å²) in [4.78, 5) is 17.0. The van der Waals surface area contributed by atoms with Crippen molar-refractivity contribution < 1.29 is 9.53 Å². The summed E-state index contributed by atoms with van der Waals surface area (Å²) in [5.41, 5.74) is 3.81. The molecule has 0 atom stereocenters. The second kappa shape index (κ2) is 6.12. The van der Waals surface area contributed by atoms with Crippen molar-refractivity contribution >= 4 is 5.78 Å². The zero-order chi connectivity index (χ0) is 15.5. The van der Waals surface area contributed by atoms with E-state index < -0.39 is 0 Å². The van der Waals surface area contributed by atoms with Crippen LogP contribution in [-0.4, -0.2) is 22.4 Å². The predicted octanol–water partition coefficient (Wildman–Crippen LogP) is 3.33. The SMILES string of the molecule is COCc1nc2n(CC(=O)c3ccccc3)cccc-2c1C. The van der Waals surface area contributed by atoms with Crippen molar-refractivity contribution in [3.63, 3.8) is 0 Å². The minimum absolute atomic E-state index is 0.0760. The van der Waals surface area contributed by atoms with Crippen LogP contribution in [0.5, 0.6) is 0 Å². The molecule has 3 rings (SSSR count). The Bertz CT molecular complexity index is 762. The summed E-state index contributed by atoms with van der Waals surface area (Å²) >= 11 is 0. The lowest BCUT2D eigenvalue weighted by molar-refractivity contribution is 0.0972. The highest BCUT2D eigenvalue weighted by molar-refractivity contribution is 5.96. The van der Waals surface area contributed by atoms with Gasteiger partial charge in [0.25, 0.3) is 0 Å². The van der Waals surface area contributed by atoms with E-state index in [-0.39, 0.29) is 12.3 Å². The molecule has 112 valence electrons. The van der Waals surface area contributed by atoms with Gasteiger partial charge in [-0.3, -0.25) is 4.79 Å². The molecule has 2 aliphatic rings. The number of aromatic nitrogens is 2. The normalized spacial score (nSPS) is 11.0. The number of rotatable bonds is 5. The Morgan fingerprint density at radius 2 is 1.95 bits per heavy atom. The van der Waals surface area contributed by atoms with E-state index in [0.717, 1.165) is 22.6 Å². The third kappa shape index (κ3) is 2.65. The average molecular weight is 294 g/mol. The summed E-state index contributed by atoms with van der Waals surface area (Å²) in [7, 11) is 1.66. The van der Waals surface area contributed by atoms with Gasteiger partial charge in [0.15, 0.2) is 5.78 Å². The molecule has 0 saturated heterocycles. The Labute approximate surface area is 129 Å². The number of methoxy groups -OCH3 is 1. The Balaban J connectivity index is 1.94. The second-order valence-corrected chi connectivity index (χ2v) is 5.28. The van der Waals surface area contributed by atoms with Gasteiger partial charge in [0, 0.05) is 24.4 Å². The third-order valence-corrected chi connectivity index (χ3v) is 3.81. The molecule has 4 heteroatoms. The van der Waals surface area contributed by atoms with Crippen LogP contribution in [0, 0.1) is 6.92 Å². The van der Waals surface area contributed by atoms with Gasteiger partial charge in [-0.05, 0) is 24.6 Å². The molecule has 0 N–H and O–H groups in total. The van der Waals surface area contributed by atoms with Crippen molar-refractivity contribution in [1.29, 1.82) is 0 Å². The van der Waals surface area contributed by atoms with E-state index in [2.05, 4.69) is 4.98 Å². The number of ketones is 1. The van der Waals surface area contributed by atoms with E-state index in [1.807, 2.05) is 60.2 Å². The van der Waals surface area contributed by atoms with Crippen molar-refractivity contribution in [2.75, 3.05) is 7.11 Å². The Morgan fingerprint density at radius 3 is 2.68 bits per heavy atom. The lowest BCUT2D eigenvalue weighted by Gasteiger charge is -2.11. The Kier molecular flexibility index (Phi) is 4.02. The topological polar surface area (TPSA) is 44.1 Å². The molecule has 0 unspecified atom stereocenters. The Hall–Kier alpha value is -2.46. The first-order valence-corrected chi connectivity index (χ1v) is 7.22. The largest absolute Gasteiger partial charge is 0.378 e. The van der Waals surface area contributed by atoms with E-state index in [4.69, 9.17) is 4.74 Å². The molecule has 0 aliphatic carbocycles. The zero-order valence-electron chi connectivity index (χ0n) is 12.7. The van der Waals surface area contributed by atoms with E-state index in [1.54, 1.807) is 7.11 Å². The number of pyridine rings is 1. The standard InChI is InChI=1S/C18H18N2O2/c1-13-15-9-6-10-20(18(15)19-16(13)12-22-2)11-17(21)14-7-4-3-5-8-14/h3-10H,11-12H2,1-2H3. The van der Waals surface area contributed by atoms with Crippen molar-refractivity contribution in [3.8, 4) is 11.4 Å². The maximum absolute atomic E-state index is 12.4. The maximum atomic E-state index is 12.4. The lowest BCUT2D eigenvalue weighted by Crippen LogP contribution is -2.12. The molecule has 4 nitrogen and oxygen atoms in total. The highest BCUT2D eigenvalue weighted by atomic mass is 16.5. The fourth-order valence-electron chi connectivity index (χ4n) is 2.60. The number of carbonyl (C=O) groups excluding carboxylic acids is 1. The van der Waals surface area contributed by atoms with Crippen LogP contribution in [0.15, 0.2) is 48.7 Å². The van der Waals surface area contributed by atoms with Crippen molar-refractivity contribution in [3.05, 3.63) is 65.5 Å². The number of hydrogen-bond donors (Lipinski definition) is 0. The predicted molar refractivity (Wildman–Crippen MR) is 85.1 cm³/mol. The van der Waals surface area contributed by atoms with Crippen LogP contribution in [0.1, 0.15) is 21.6 Å². The van der Waals surface area contributed by atoms with Gasteiger partial charge in [0.2, 0.25) is 0 Å². The molecular weight excluding hydrogens is 276 g/mol. The number of nitrogens with zero attached hydrogens (tertiary/aromatic N) is 2. The highest BCUT2D eigenvalue weighted by Gasteiger charge is 2.18. The molecule has 0 amide bonds. The van der Waals surface area contributed by atoms with Gasteiger partial charge in [-0.15, -0.1) is 0 Å². The molecule has 0 saturated carbocycles. The van der Waals surface area contributed by atoms with Gasteiger partial charge in [0.1, 0.15) is 5.82 Å². The van der Waals surface area contributed by atoms with E-state index in [9.17, 15) is 4.79 Å². The van der Waals surface area contributed by atoms with Crippen molar-refractivity contribution in [2.24, 2.45) is 0 Å². The second-order valence-electron chi connectivity index (χ2n) is 5.28. The molecule has 0 radical (unpaired) electrons. The number of hydrogen-bond acceptors (Lipinski definition) is 3. The van der Waals surface area contributed by atoms with Gasteiger partial charge >= 0.3 is 0 Å². The number of ether oxygens (including phenoxy) is 1. The van der Waals surface area contributed by atoms with Gasteiger partial charge in [-0.25, -0.2) is 4.98 Å². The summed E-state index contributed by atoms with van der Waals surface area (Å²) in [5.74, 6) is 0.906. The summed E-state index contributed by atoms with van der Waals surface area (Å²) in [5, 5.41) is 0. The first-order chi connectivity index (χ1) is 10.7. The minimum atomic E-state index is 0.0760. The number of carbonyl (C=O) groups is 1. The summed E-state index contributed by atoms with van der Waals surface area (Å²) in [6, 6.07) is 13.3. The van der Waals surface area contributed by atoms with E-state index in [1.165, 1.54) is 0 Å². The van der Waals surface area contributed by atoms with Crippen molar-refractivity contribution in [2.45, 2.75) is 20.1 Å². The van der Waals surface area contributed by atoms with Gasteiger partial charge in [0.05, 0.1) is 18.8 Å². The molecule has 0 spiro atoms. The third-order valence-electron chi connectivity index (χ3n) is 3.81. The monoisotopic (exact) mass is 294 g/mol. The quantitative estimate of drug-likeness (QED) is 0.678. The molecule has 1 aromatic carbocycles. The maximum Gasteiger partial charge on any atom is 0.182 e. The highest BCUT2D eigenvalue weighted by Crippen LogP contribution is 2.28. The molecular formula is C18H18N2O2. The van der Waals surface area contributed by atoms with Gasteiger partial charge < -0.3 is 9.30 Å². The fourth-order valence-corrected chi connectivity index (χ4v) is 2.60. The lowest BCUT2D eigenvalue weighted by atomic mass is 10.1. The minimum Gasteiger partial charge on any atom is -0.378 e. The summed E-state index contributed by atoms with van der Waals surface area (Å²) < 4.78 is 7.09. The van der Waals surface area contributed by atoms with Gasteiger partial charge in [-0.1, -0.05) is 30.3 Å². The molecule has 0 bridgehead atoms. The zero-order valence-corrected chi connectivity index (χ0v) is 12.7. The molecule has 0 aromatic heterocycles. The smallest absolute Gasteiger partial charge is 0.182 e. The van der Waals surface area contributed by atoms with Crippen LogP contribution in [0.2, 0.25) is 0 Å². The molecule has 2 heterocycles. The van der Waals surface area contributed by atoms with Crippen LogP contribution < -0.4 is 0 Å². The summed E-state index contributed by atoms with van der Waals surface area (Å²) in [6.07, 6.45) is 1.90. The molecule has 2 aliphatic heterocycles. The average Bonchev–Trinajstić information content (AvgIpc) is 2.86. The van der Waals surface area contributed by atoms with E-state index in [0.29, 0.717) is 12.2 Å². The molecule has 0 fully saturated rings. The van der Waals surface area contributed by atoms with Crippen LogP contribution in [0.4, 0.5) is 0 Å². The molecule has 22 heavy (non-hydrogen) atoms. The van der Waals surface area contributed by atoms with Crippen LogP contribution in [0.3, 0.4) is 0 Å². The first kappa shape index (κ1) is 14.5. The Morgan fingerprint density at radius 1 is 1.18 bits per heavy atom. The van der Waals surface area contributed by atoms with Crippen molar-refractivity contribution in [1.82, 2.24) is 9.55 Å². The number of Topliss-reactive ketones (excluding diaryl/α,β-unsaturated/α-hetero) is 1. The van der Waals surface area contributed by atoms with Crippen LogP contribution >= 0.6 is 0 Å². The van der Waals surface area contributed by atoms with Crippen LogP contribution in [-0.2, 0) is 17.9 Å². The van der Waals surface area contributed by atoms with E-state index >= 15 is 0 Å². The summed E-state index contributed by atoms with van der Waals surface area (Å²) in [6.45, 7) is 2.80. The van der Waals surface area contributed by atoms with Crippen LogP contribution in [0.25, 0.3) is 11.4 Å². The van der Waals surface area contributed by atoms with Gasteiger partial charge in [-0.2, -0.15) is 0 Å². The fraction of sp³-hybridized carbons (Fsp3) is 0.222. The first-order valence-electron chi connectivity index (χ1n) is 7.22. The number of benzene rings is 1. The number of fused-ring (bicyclic) bond motifs is 1. The molecule has 1 aromatic rings.